The van der Waals surface area contributed by atoms with Gasteiger partial charge in [0.2, 0.25) is 0 Å². The maximum atomic E-state index is 12.6. The number of phenolic OH excluding ortho intramolecular Hbond substituents is 2. The van der Waals surface area contributed by atoms with Crippen LogP contribution in [0, 0.1) is 0 Å². The van der Waals surface area contributed by atoms with Gasteiger partial charge < -0.3 is 10.2 Å². The van der Waals surface area contributed by atoms with E-state index in [0.29, 0.717) is 5.56 Å². The Hall–Kier alpha value is -3.56. The third-order valence-corrected chi connectivity index (χ3v) is 5.60. The van der Waals surface area contributed by atoms with Crippen molar-refractivity contribution in [1.29, 1.82) is 0 Å². The second-order valence-corrected chi connectivity index (χ2v) is 8.15. The number of carbonyl (C=O) groups excluding carboxylic acids is 1. The molecule has 0 spiro atoms. The minimum absolute atomic E-state index is 0.0720. The summed E-state index contributed by atoms with van der Waals surface area (Å²) in [7, 11) is -3.97. The Labute approximate surface area is 177 Å². The van der Waals surface area contributed by atoms with Crippen molar-refractivity contribution in [2.24, 2.45) is 5.10 Å². The van der Waals surface area contributed by atoms with E-state index in [1.807, 2.05) is 0 Å². The van der Waals surface area contributed by atoms with Crippen molar-refractivity contribution < 1.29 is 23.4 Å². The zero-order valence-corrected chi connectivity index (χ0v) is 16.9. The van der Waals surface area contributed by atoms with Crippen molar-refractivity contribution in [3.05, 3.63) is 82.9 Å². The molecule has 8 nitrogen and oxygen atoms in total. The number of hydrogen-bond acceptors (Lipinski definition) is 6. The zero-order chi connectivity index (χ0) is 21.7. The number of para-hydroxylation sites is 1. The Kier molecular flexibility index (Phi) is 6.24. The summed E-state index contributed by atoms with van der Waals surface area (Å²) in [6.07, 6.45) is 1.26. The molecule has 0 radical (unpaired) electrons. The number of benzene rings is 3. The van der Waals surface area contributed by atoms with Crippen molar-refractivity contribution in [3.8, 4) is 11.5 Å². The number of aromatic hydroxyl groups is 2. The van der Waals surface area contributed by atoms with Crippen LogP contribution in [0.25, 0.3) is 0 Å². The molecule has 3 rings (SSSR count). The quantitative estimate of drug-likeness (QED) is 0.263. The summed E-state index contributed by atoms with van der Waals surface area (Å²) in [5, 5.41) is 22.7. The van der Waals surface area contributed by atoms with E-state index in [2.05, 4.69) is 15.2 Å². The first-order chi connectivity index (χ1) is 14.3. The van der Waals surface area contributed by atoms with E-state index in [-0.39, 0.29) is 32.7 Å². The monoisotopic (exact) mass is 445 g/mol. The predicted octanol–water partition coefficient (Wildman–Crippen LogP) is 3.32. The van der Waals surface area contributed by atoms with Gasteiger partial charge in [0.15, 0.2) is 11.5 Å². The summed E-state index contributed by atoms with van der Waals surface area (Å²) in [5.74, 6) is -1.24. The van der Waals surface area contributed by atoms with Crippen LogP contribution in [0.5, 0.6) is 11.5 Å². The third kappa shape index (κ3) is 5.07. The van der Waals surface area contributed by atoms with E-state index in [4.69, 9.17) is 11.6 Å². The zero-order valence-electron chi connectivity index (χ0n) is 15.3. The highest BCUT2D eigenvalue weighted by Gasteiger charge is 2.17. The van der Waals surface area contributed by atoms with Gasteiger partial charge in [-0.15, -0.1) is 0 Å². The molecule has 1 amide bonds. The SMILES string of the molecule is O=C(N/N=C/c1ccc(O)c(O)c1)c1cccc(S(=O)(=O)Nc2ccccc2Cl)c1. The Balaban J connectivity index is 1.74. The van der Waals surface area contributed by atoms with Gasteiger partial charge in [0.05, 0.1) is 21.8 Å². The fourth-order valence-electron chi connectivity index (χ4n) is 2.40. The number of carbonyl (C=O) groups is 1. The highest BCUT2D eigenvalue weighted by atomic mass is 35.5. The third-order valence-electron chi connectivity index (χ3n) is 3.90. The number of anilines is 1. The molecule has 0 heterocycles. The molecule has 0 fully saturated rings. The lowest BCUT2D eigenvalue weighted by Gasteiger charge is -2.10. The van der Waals surface area contributed by atoms with Gasteiger partial charge in [0.25, 0.3) is 15.9 Å². The Morgan fingerprint density at radius 3 is 2.47 bits per heavy atom. The van der Waals surface area contributed by atoms with Gasteiger partial charge in [-0.05, 0) is 54.1 Å². The van der Waals surface area contributed by atoms with Gasteiger partial charge in [0.1, 0.15) is 0 Å². The minimum atomic E-state index is -3.97. The first-order valence-electron chi connectivity index (χ1n) is 8.49. The first-order valence-corrected chi connectivity index (χ1v) is 10.4. The molecule has 3 aromatic carbocycles. The topological polar surface area (TPSA) is 128 Å². The molecule has 0 atom stereocenters. The molecule has 0 saturated carbocycles. The van der Waals surface area contributed by atoms with E-state index < -0.39 is 15.9 Å². The van der Waals surface area contributed by atoms with Gasteiger partial charge in [-0.25, -0.2) is 13.8 Å². The Bertz CT molecular complexity index is 1230. The van der Waals surface area contributed by atoms with Crippen LogP contribution < -0.4 is 10.1 Å². The number of rotatable bonds is 6. The summed E-state index contributed by atoms with van der Waals surface area (Å²) in [5.41, 5.74) is 3.00. The molecule has 0 aromatic heterocycles. The van der Waals surface area contributed by atoms with Gasteiger partial charge in [-0.3, -0.25) is 9.52 Å². The van der Waals surface area contributed by atoms with Gasteiger partial charge in [-0.2, -0.15) is 5.10 Å². The fourth-order valence-corrected chi connectivity index (χ4v) is 3.77. The molecule has 0 aliphatic heterocycles. The highest BCUT2D eigenvalue weighted by molar-refractivity contribution is 7.92. The second kappa shape index (κ2) is 8.85. The van der Waals surface area contributed by atoms with E-state index in [1.54, 1.807) is 18.2 Å². The average molecular weight is 446 g/mol. The van der Waals surface area contributed by atoms with Gasteiger partial charge >= 0.3 is 0 Å². The van der Waals surface area contributed by atoms with Crippen LogP contribution in [0.2, 0.25) is 5.02 Å². The number of hydrogen-bond donors (Lipinski definition) is 4. The fraction of sp³-hybridized carbons (Fsp3) is 0. The molecule has 0 saturated heterocycles. The van der Waals surface area contributed by atoms with E-state index in [0.717, 1.165) is 0 Å². The van der Waals surface area contributed by atoms with Crippen LogP contribution in [-0.4, -0.2) is 30.8 Å². The molecule has 4 N–H and O–H groups in total. The summed E-state index contributed by atoms with van der Waals surface area (Å²) in [6.45, 7) is 0. The number of halogens is 1. The largest absolute Gasteiger partial charge is 0.504 e. The molecule has 30 heavy (non-hydrogen) atoms. The predicted molar refractivity (Wildman–Crippen MR) is 114 cm³/mol. The molecular weight excluding hydrogens is 430 g/mol. The second-order valence-electron chi connectivity index (χ2n) is 6.06. The molecule has 10 heteroatoms. The van der Waals surface area contributed by atoms with E-state index in [9.17, 15) is 23.4 Å². The maximum absolute atomic E-state index is 12.6. The molecule has 0 unspecified atom stereocenters. The number of hydrazone groups is 1. The van der Waals surface area contributed by atoms with Crippen molar-refractivity contribution >= 4 is 39.4 Å². The summed E-state index contributed by atoms with van der Waals surface area (Å²) >= 11 is 5.99. The summed E-state index contributed by atoms with van der Waals surface area (Å²) < 4.78 is 27.6. The molecule has 0 aliphatic carbocycles. The lowest BCUT2D eigenvalue weighted by molar-refractivity contribution is 0.0955. The smallest absolute Gasteiger partial charge is 0.271 e. The lowest BCUT2D eigenvalue weighted by Crippen LogP contribution is -2.19. The van der Waals surface area contributed by atoms with Gasteiger partial charge in [0, 0.05) is 5.56 Å². The van der Waals surface area contributed by atoms with Crippen molar-refractivity contribution in [2.45, 2.75) is 4.90 Å². The number of phenols is 2. The molecule has 154 valence electrons. The Morgan fingerprint density at radius 2 is 1.73 bits per heavy atom. The minimum Gasteiger partial charge on any atom is -0.504 e. The normalized spacial score (nSPS) is 11.4. The van der Waals surface area contributed by atoms with E-state index in [1.165, 1.54) is 54.7 Å². The van der Waals surface area contributed by atoms with Crippen LogP contribution in [0.1, 0.15) is 15.9 Å². The summed E-state index contributed by atoms with van der Waals surface area (Å²) in [6, 6.07) is 15.8. The number of nitrogens with zero attached hydrogens (tertiary/aromatic N) is 1. The Morgan fingerprint density at radius 1 is 0.967 bits per heavy atom. The molecular formula is C20H16ClN3O5S. The molecule has 0 aliphatic rings. The highest BCUT2D eigenvalue weighted by Crippen LogP contribution is 2.25. The van der Waals surface area contributed by atoms with Crippen LogP contribution in [0.3, 0.4) is 0 Å². The standard InChI is InChI=1S/C20H16ClN3O5S/c21-16-6-1-2-7-17(16)24-30(28,29)15-5-3-4-14(11-15)20(27)23-22-12-13-8-9-18(25)19(26)10-13/h1-12,24-26H,(H,23,27)/b22-12+. The molecule has 3 aromatic rings. The average Bonchev–Trinajstić information content (AvgIpc) is 2.72. The molecule has 0 bridgehead atoms. The van der Waals surface area contributed by atoms with Crippen molar-refractivity contribution in [2.75, 3.05) is 4.72 Å². The van der Waals surface area contributed by atoms with Crippen LogP contribution in [0.15, 0.2) is 76.7 Å². The van der Waals surface area contributed by atoms with Crippen molar-refractivity contribution in [3.63, 3.8) is 0 Å². The van der Waals surface area contributed by atoms with Crippen LogP contribution in [-0.2, 0) is 10.0 Å². The summed E-state index contributed by atoms with van der Waals surface area (Å²) in [4.78, 5) is 12.2. The van der Waals surface area contributed by atoms with Gasteiger partial charge in [-0.1, -0.05) is 29.8 Å². The number of nitrogens with one attached hydrogen (secondary N) is 2. The number of sulfonamides is 1. The van der Waals surface area contributed by atoms with Crippen LogP contribution in [0.4, 0.5) is 5.69 Å². The number of amides is 1. The lowest BCUT2D eigenvalue weighted by atomic mass is 10.2. The van der Waals surface area contributed by atoms with E-state index >= 15 is 0 Å². The van der Waals surface area contributed by atoms with Crippen molar-refractivity contribution in [1.82, 2.24) is 5.43 Å². The first kappa shape index (κ1) is 21.2. The maximum Gasteiger partial charge on any atom is 0.271 e. The van der Waals surface area contributed by atoms with Crippen LogP contribution >= 0.6 is 11.6 Å².